The van der Waals surface area contributed by atoms with Crippen molar-refractivity contribution < 1.29 is 4.74 Å². The number of aromatic nitrogens is 4. The van der Waals surface area contributed by atoms with Gasteiger partial charge >= 0.3 is 0 Å². The second-order valence-electron chi connectivity index (χ2n) is 5.96. The number of aryl methyl sites for hydroxylation is 1. The molecule has 0 radical (unpaired) electrons. The summed E-state index contributed by atoms with van der Waals surface area (Å²) >= 11 is 0. The molecule has 0 atom stereocenters. The maximum Gasteiger partial charge on any atom is 0.146 e. The van der Waals surface area contributed by atoms with Crippen molar-refractivity contribution in [2.75, 3.05) is 7.05 Å². The van der Waals surface area contributed by atoms with Gasteiger partial charge in [0.25, 0.3) is 0 Å². The third kappa shape index (κ3) is 4.87. The van der Waals surface area contributed by atoms with Gasteiger partial charge in [-0.2, -0.15) is 0 Å². The molecule has 3 rings (SSSR count). The summed E-state index contributed by atoms with van der Waals surface area (Å²) in [6.07, 6.45) is 3.55. The number of pyridine rings is 1. The van der Waals surface area contributed by atoms with Crippen molar-refractivity contribution in [1.82, 2.24) is 24.6 Å². The van der Waals surface area contributed by atoms with Gasteiger partial charge in [-0.3, -0.25) is 9.88 Å². The molecule has 0 unspecified atom stereocenters. The summed E-state index contributed by atoms with van der Waals surface area (Å²) < 4.78 is 7.91. The molecular weight excluding hydrogens is 314 g/mol. The monoisotopic (exact) mass is 337 g/mol. The fraction of sp³-hybridized carbons (Fsp3) is 0.316. The topological polar surface area (TPSA) is 56.1 Å². The molecule has 2 heterocycles. The van der Waals surface area contributed by atoms with Gasteiger partial charge < -0.3 is 9.30 Å². The molecule has 0 N–H and O–H groups in total. The maximum absolute atomic E-state index is 5.85. The molecule has 0 saturated heterocycles. The van der Waals surface area contributed by atoms with E-state index in [1.165, 1.54) is 5.56 Å². The van der Waals surface area contributed by atoms with Crippen molar-refractivity contribution in [1.29, 1.82) is 0 Å². The van der Waals surface area contributed by atoms with Crippen LogP contribution in [-0.4, -0.2) is 31.7 Å². The average Bonchev–Trinajstić information content (AvgIpc) is 3.08. The molecule has 0 saturated carbocycles. The minimum absolute atomic E-state index is 0.472. The summed E-state index contributed by atoms with van der Waals surface area (Å²) in [5, 5.41) is 8.17. The Bertz CT molecular complexity index is 787. The van der Waals surface area contributed by atoms with Crippen LogP contribution in [0.1, 0.15) is 24.0 Å². The number of hydrogen-bond donors (Lipinski definition) is 0. The summed E-state index contributed by atoms with van der Waals surface area (Å²) in [7, 11) is 2.08. The van der Waals surface area contributed by atoms with Crippen LogP contribution in [0.3, 0.4) is 0 Å². The van der Waals surface area contributed by atoms with Crippen LogP contribution < -0.4 is 4.74 Å². The number of hydrogen-bond acceptors (Lipinski definition) is 5. The first-order valence-electron chi connectivity index (χ1n) is 8.41. The van der Waals surface area contributed by atoms with Crippen LogP contribution in [0, 0.1) is 0 Å². The lowest BCUT2D eigenvalue weighted by atomic mass is 10.2. The Balaban J connectivity index is 1.57. The van der Waals surface area contributed by atoms with E-state index < -0.39 is 0 Å². The van der Waals surface area contributed by atoms with E-state index in [9.17, 15) is 0 Å². The molecule has 0 fully saturated rings. The molecule has 3 aromatic rings. The highest BCUT2D eigenvalue weighted by Crippen LogP contribution is 2.16. The van der Waals surface area contributed by atoms with Gasteiger partial charge in [0.15, 0.2) is 0 Å². The van der Waals surface area contributed by atoms with E-state index in [4.69, 9.17) is 4.74 Å². The fourth-order valence-corrected chi connectivity index (χ4v) is 2.65. The van der Waals surface area contributed by atoms with E-state index in [0.717, 1.165) is 36.9 Å². The summed E-state index contributed by atoms with van der Waals surface area (Å²) in [6, 6.07) is 14.0. The molecule has 2 aromatic heterocycles. The Morgan fingerprint density at radius 1 is 1.12 bits per heavy atom. The molecule has 25 heavy (non-hydrogen) atoms. The van der Waals surface area contributed by atoms with E-state index in [1.54, 1.807) is 12.5 Å². The number of nitrogens with zero attached hydrogens (tertiary/aromatic N) is 5. The van der Waals surface area contributed by atoms with Crippen molar-refractivity contribution in [3.63, 3.8) is 0 Å². The van der Waals surface area contributed by atoms with Gasteiger partial charge in [0.1, 0.15) is 24.5 Å². The lowest BCUT2D eigenvalue weighted by Gasteiger charge is -2.17. The smallest absolute Gasteiger partial charge is 0.146 e. The van der Waals surface area contributed by atoms with Gasteiger partial charge in [-0.1, -0.05) is 18.2 Å². The Morgan fingerprint density at radius 2 is 2.04 bits per heavy atom. The van der Waals surface area contributed by atoms with Crippen LogP contribution in [0.4, 0.5) is 0 Å². The molecule has 6 heteroatoms. The molecule has 130 valence electrons. The van der Waals surface area contributed by atoms with Crippen molar-refractivity contribution in [3.05, 3.63) is 72.1 Å². The maximum atomic E-state index is 5.85. The minimum Gasteiger partial charge on any atom is -0.487 e. The van der Waals surface area contributed by atoms with Gasteiger partial charge in [-0.05, 0) is 43.8 Å². The first-order valence-corrected chi connectivity index (χ1v) is 8.41. The van der Waals surface area contributed by atoms with Crippen LogP contribution in [0.25, 0.3) is 0 Å². The van der Waals surface area contributed by atoms with Gasteiger partial charge in [-0.25, -0.2) is 0 Å². The second-order valence-corrected chi connectivity index (χ2v) is 5.96. The summed E-state index contributed by atoms with van der Waals surface area (Å²) in [6.45, 7) is 5.02. The Kier molecular flexibility index (Phi) is 5.74. The van der Waals surface area contributed by atoms with Crippen molar-refractivity contribution in [3.8, 4) is 5.75 Å². The summed E-state index contributed by atoms with van der Waals surface area (Å²) in [5.41, 5.74) is 2.12. The largest absolute Gasteiger partial charge is 0.487 e. The third-order valence-corrected chi connectivity index (χ3v) is 3.91. The van der Waals surface area contributed by atoms with Gasteiger partial charge in [-0.15, -0.1) is 10.2 Å². The van der Waals surface area contributed by atoms with Crippen molar-refractivity contribution in [2.45, 2.75) is 33.2 Å². The quantitative estimate of drug-likeness (QED) is 0.632. The van der Waals surface area contributed by atoms with Crippen molar-refractivity contribution in [2.24, 2.45) is 0 Å². The number of rotatable bonds is 8. The van der Waals surface area contributed by atoms with E-state index in [-0.39, 0.29) is 0 Å². The first-order chi connectivity index (χ1) is 12.2. The van der Waals surface area contributed by atoms with E-state index in [2.05, 4.69) is 50.8 Å². The molecular formula is C19H23N5O. The summed E-state index contributed by atoms with van der Waals surface area (Å²) in [5.74, 6) is 1.83. The third-order valence-electron chi connectivity index (χ3n) is 3.91. The normalized spacial score (nSPS) is 11.0. The van der Waals surface area contributed by atoms with Crippen LogP contribution in [0.2, 0.25) is 0 Å². The molecule has 0 bridgehead atoms. The predicted octanol–water partition coefficient (Wildman–Crippen LogP) is 2.90. The highest BCUT2D eigenvalue weighted by molar-refractivity contribution is 5.28. The van der Waals surface area contributed by atoms with Crippen molar-refractivity contribution >= 4 is 0 Å². The van der Waals surface area contributed by atoms with E-state index in [1.807, 2.05) is 30.3 Å². The van der Waals surface area contributed by atoms with Crippen LogP contribution in [-0.2, 0) is 26.2 Å². The minimum atomic E-state index is 0.472. The van der Waals surface area contributed by atoms with Gasteiger partial charge in [0, 0.05) is 19.3 Å². The SMILES string of the molecule is CCn1cnnc1CN(C)Cc1cccc(OCc2ccccn2)c1. The number of ether oxygens (including phenoxy) is 1. The highest BCUT2D eigenvalue weighted by atomic mass is 16.5. The highest BCUT2D eigenvalue weighted by Gasteiger charge is 2.08. The van der Waals surface area contributed by atoms with Crippen LogP contribution in [0.15, 0.2) is 55.0 Å². The zero-order valence-corrected chi connectivity index (χ0v) is 14.7. The fourth-order valence-electron chi connectivity index (χ4n) is 2.65. The lowest BCUT2D eigenvalue weighted by Crippen LogP contribution is -2.20. The molecule has 0 aliphatic carbocycles. The molecule has 0 aliphatic rings. The van der Waals surface area contributed by atoms with Crippen LogP contribution >= 0.6 is 0 Å². The Hall–Kier alpha value is -2.73. The van der Waals surface area contributed by atoms with E-state index >= 15 is 0 Å². The zero-order chi connectivity index (χ0) is 17.5. The van der Waals surface area contributed by atoms with Gasteiger partial charge in [0.2, 0.25) is 0 Å². The van der Waals surface area contributed by atoms with E-state index in [0.29, 0.717) is 6.61 Å². The second kappa shape index (κ2) is 8.39. The average molecular weight is 337 g/mol. The molecule has 0 spiro atoms. The number of benzene rings is 1. The predicted molar refractivity (Wildman–Crippen MR) is 95.9 cm³/mol. The van der Waals surface area contributed by atoms with Crippen LogP contribution in [0.5, 0.6) is 5.75 Å². The Morgan fingerprint density at radius 3 is 2.84 bits per heavy atom. The Labute approximate surface area is 148 Å². The molecule has 1 aromatic carbocycles. The molecule has 6 nitrogen and oxygen atoms in total. The molecule has 0 amide bonds. The lowest BCUT2D eigenvalue weighted by molar-refractivity contribution is 0.294. The molecule has 0 aliphatic heterocycles. The zero-order valence-electron chi connectivity index (χ0n) is 14.7. The first kappa shape index (κ1) is 17.1. The van der Waals surface area contributed by atoms with Gasteiger partial charge in [0.05, 0.1) is 12.2 Å². The summed E-state index contributed by atoms with van der Waals surface area (Å²) in [4.78, 5) is 6.49. The standard InChI is InChI=1S/C19H23N5O/c1-3-24-15-21-22-19(24)13-23(2)12-16-7-6-9-18(11-16)25-14-17-8-4-5-10-20-17/h4-11,15H,3,12-14H2,1-2H3.